The van der Waals surface area contributed by atoms with E-state index in [1.807, 2.05) is 0 Å². The van der Waals surface area contributed by atoms with Gasteiger partial charge in [-0.05, 0) is 51.4 Å². The maximum Gasteiger partial charge on any atom is 0.0218 e. The van der Waals surface area contributed by atoms with Crippen molar-refractivity contribution >= 4 is 0 Å². The molecule has 2 fully saturated rings. The molecule has 1 saturated carbocycles. The summed E-state index contributed by atoms with van der Waals surface area (Å²) in [7, 11) is 0. The predicted octanol–water partition coefficient (Wildman–Crippen LogP) is 3.58. The summed E-state index contributed by atoms with van der Waals surface area (Å²) < 4.78 is 0. The van der Waals surface area contributed by atoms with Gasteiger partial charge in [-0.2, -0.15) is 0 Å². The van der Waals surface area contributed by atoms with Crippen molar-refractivity contribution in [2.24, 2.45) is 11.8 Å². The lowest BCUT2D eigenvalue weighted by Crippen LogP contribution is -2.53. The van der Waals surface area contributed by atoms with Crippen molar-refractivity contribution in [2.75, 3.05) is 6.54 Å². The summed E-state index contributed by atoms with van der Waals surface area (Å²) in [6, 6.07) is 1.45. The second-order valence-corrected chi connectivity index (χ2v) is 6.52. The largest absolute Gasteiger partial charge is 0.254 e. The van der Waals surface area contributed by atoms with E-state index in [1.165, 1.54) is 51.5 Å². The van der Waals surface area contributed by atoms with E-state index in [1.54, 1.807) is 0 Å². The standard InChI is InChI=1S/C15H30N2/c1-12-7-9-15(10-8-12)11-16-17-13(2)5-4-6-14(17)3/h12-16H,4-11H2,1-3H3. The second-order valence-electron chi connectivity index (χ2n) is 6.52. The molecule has 1 N–H and O–H groups in total. The Morgan fingerprint density at radius 1 is 0.882 bits per heavy atom. The SMILES string of the molecule is CC1CCC(CNN2C(C)CCCC2C)CC1. The van der Waals surface area contributed by atoms with Gasteiger partial charge in [0.2, 0.25) is 0 Å². The summed E-state index contributed by atoms with van der Waals surface area (Å²) in [5.41, 5.74) is 3.74. The van der Waals surface area contributed by atoms with Gasteiger partial charge in [0.05, 0.1) is 0 Å². The first kappa shape index (κ1) is 13.4. The molecule has 2 aliphatic rings. The number of hydrogen-bond donors (Lipinski definition) is 1. The van der Waals surface area contributed by atoms with Crippen LogP contribution in [-0.4, -0.2) is 23.6 Å². The van der Waals surface area contributed by atoms with E-state index in [2.05, 4.69) is 31.2 Å². The Balaban J connectivity index is 1.73. The number of piperidine rings is 1. The van der Waals surface area contributed by atoms with Crippen molar-refractivity contribution in [2.45, 2.75) is 77.8 Å². The van der Waals surface area contributed by atoms with E-state index in [0.29, 0.717) is 0 Å². The molecule has 17 heavy (non-hydrogen) atoms. The van der Waals surface area contributed by atoms with E-state index >= 15 is 0 Å². The molecule has 100 valence electrons. The first-order valence-corrected chi connectivity index (χ1v) is 7.68. The van der Waals surface area contributed by atoms with Crippen LogP contribution >= 0.6 is 0 Å². The molecule has 0 aromatic heterocycles. The van der Waals surface area contributed by atoms with E-state index in [0.717, 1.165) is 23.9 Å². The highest BCUT2D eigenvalue weighted by Gasteiger charge is 2.25. The van der Waals surface area contributed by atoms with Crippen LogP contribution < -0.4 is 5.43 Å². The smallest absolute Gasteiger partial charge is 0.0218 e. The molecule has 2 rings (SSSR count). The molecule has 0 bridgehead atoms. The zero-order chi connectivity index (χ0) is 12.3. The van der Waals surface area contributed by atoms with E-state index in [-0.39, 0.29) is 0 Å². The van der Waals surface area contributed by atoms with Crippen LogP contribution in [0.4, 0.5) is 0 Å². The molecule has 0 aromatic carbocycles. The summed E-state index contributed by atoms with van der Waals surface area (Å²) >= 11 is 0. The third-order valence-electron chi connectivity index (χ3n) is 4.89. The monoisotopic (exact) mass is 238 g/mol. The van der Waals surface area contributed by atoms with E-state index in [9.17, 15) is 0 Å². The van der Waals surface area contributed by atoms with Crippen molar-refractivity contribution in [1.82, 2.24) is 10.4 Å². The average molecular weight is 238 g/mol. The molecule has 1 aliphatic heterocycles. The molecule has 0 spiro atoms. The highest BCUT2D eigenvalue weighted by molar-refractivity contribution is 4.78. The molecule has 2 unspecified atom stereocenters. The zero-order valence-corrected chi connectivity index (χ0v) is 11.9. The third kappa shape index (κ3) is 3.69. The van der Waals surface area contributed by atoms with Crippen molar-refractivity contribution in [3.05, 3.63) is 0 Å². The number of nitrogens with zero attached hydrogens (tertiary/aromatic N) is 1. The van der Waals surface area contributed by atoms with Gasteiger partial charge >= 0.3 is 0 Å². The lowest BCUT2D eigenvalue weighted by Gasteiger charge is -2.40. The summed E-state index contributed by atoms with van der Waals surface area (Å²) in [6.45, 7) is 8.34. The minimum absolute atomic E-state index is 0.723. The van der Waals surface area contributed by atoms with Gasteiger partial charge in [0.15, 0.2) is 0 Å². The molecule has 1 aliphatic carbocycles. The summed E-state index contributed by atoms with van der Waals surface area (Å²) in [5, 5.41) is 2.53. The minimum atomic E-state index is 0.723. The fraction of sp³-hybridized carbons (Fsp3) is 1.00. The maximum atomic E-state index is 3.74. The Kier molecular flexibility index (Phi) is 4.87. The Morgan fingerprint density at radius 3 is 2.06 bits per heavy atom. The highest BCUT2D eigenvalue weighted by atomic mass is 15.5. The molecular weight excluding hydrogens is 208 g/mol. The Labute approximate surface area is 107 Å². The van der Waals surface area contributed by atoms with Crippen LogP contribution in [0.3, 0.4) is 0 Å². The van der Waals surface area contributed by atoms with E-state index < -0.39 is 0 Å². The first-order chi connectivity index (χ1) is 8.16. The van der Waals surface area contributed by atoms with Crippen LogP contribution in [0.2, 0.25) is 0 Å². The average Bonchev–Trinajstić information content (AvgIpc) is 2.31. The van der Waals surface area contributed by atoms with Crippen molar-refractivity contribution in [3.8, 4) is 0 Å². The van der Waals surface area contributed by atoms with Gasteiger partial charge in [-0.25, -0.2) is 5.01 Å². The Bertz CT molecular complexity index is 211. The predicted molar refractivity (Wildman–Crippen MR) is 73.7 cm³/mol. The van der Waals surface area contributed by atoms with Gasteiger partial charge in [-0.3, -0.25) is 5.43 Å². The number of hydrazine groups is 1. The Morgan fingerprint density at radius 2 is 1.47 bits per heavy atom. The van der Waals surface area contributed by atoms with Gasteiger partial charge in [0.1, 0.15) is 0 Å². The van der Waals surface area contributed by atoms with Crippen molar-refractivity contribution in [3.63, 3.8) is 0 Å². The van der Waals surface area contributed by atoms with Gasteiger partial charge in [0.25, 0.3) is 0 Å². The molecule has 0 radical (unpaired) electrons. The topological polar surface area (TPSA) is 15.3 Å². The molecule has 2 heteroatoms. The van der Waals surface area contributed by atoms with Crippen LogP contribution in [0.25, 0.3) is 0 Å². The number of nitrogens with one attached hydrogen (secondary N) is 1. The van der Waals surface area contributed by atoms with Crippen LogP contribution in [0, 0.1) is 11.8 Å². The molecule has 0 aromatic rings. The third-order valence-corrected chi connectivity index (χ3v) is 4.89. The van der Waals surface area contributed by atoms with Gasteiger partial charge in [-0.15, -0.1) is 0 Å². The fourth-order valence-electron chi connectivity index (χ4n) is 3.50. The maximum absolute atomic E-state index is 3.74. The molecule has 0 amide bonds. The van der Waals surface area contributed by atoms with Crippen LogP contribution in [-0.2, 0) is 0 Å². The lowest BCUT2D eigenvalue weighted by atomic mass is 9.83. The molecule has 2 atom stereocenters. The van der Waals surface area contributed by atoms with Gasteiger partial charge in [0, 0.05) is 18.6 Å². The van der Waals surface area contributed by atoms with Crippen LogP contribution in [0.1, 0.15) is 65.7 Å². The highest BCUT2D eigenvalue weighted by Crippen LogP contribution is 2.28. The number of rotatable bonds is 3. The molecule has 2 nitrogen and oxygen atoms in total. The van der Waals surface area contributed by atoms with Crippen molar-refractivity contribution < 1.29 is 0 Å². The molecular formula is C15H30N2. The van der Waals surface area contributed by atoms with Crippen LogP contribution in [0.15, 0.2) is 0 Å². The lowest BCUT2D eigenvalue weighted by molar-refractivity contribution is 0.0370. The first-order valence-electron chi connectivity index (χ1n) is 7.68. The normalized spacial score (nSPS) is 40.4. The zero-order valence-electron chi connectivity index (χ0n) is 11.9. The molecule has 1 heterocycles. The molecule has 1 saturated heterocycles. The summed E-state index contributed by atoms with van der Waals surface area (Å²) in [5.74, 6) is 1.90. The Hall–Kier alpha value is -0.0800. The minimum Gasteiger partial charge on any atom is -0.254 e. The summed E-state index contributed by atoms with van der Waals surface area (Å²) in [6.07, 6.45) is 9.88. The van der Waals surface area contributed by atoms with Crippen LogP contribution in [0.5, 0.6) is 0 Å². The quantitative estimate of drug-likeness (QED) is 0.808. The number of hydrogen-bond acceptors (Lipinski definition) is 2. The fourth-order valence-corrected chi connectivity index (χ4v) is 3.50. The second kappa shape index (κ2) is 6.19. The van der Waals surface area contributed by atoms with Gasteiger partial charge < -0.3 is 0 Å². The van der Waals surface area contributed by atoms with E-state index in [4.69, 9.17) is 0 Å². The summed E-state index contributed by atoms with van der Waals surface area (Å²) in [4.78, 5) is 0. The van der Waals surface area contributed by atoms with Gasteiger partial charge in [-0.1, -0.05) is 26.2 Å². The van der Waals surface area contributed by atoms with Crippen molar-refractivity contribution in [1.29, 1.82) is 0 Å².